The van der Waals surface area contributed by atoms with Gasteiger partial charge in [-0.25, -0.2) is 0 Å². The molecule has 4 atom stereocenters. The summed E-state index contributed by atoms with van der Waals surface area (Å²) in [4.78, 5) is 0. The van der Waals surface area contributed by atoms with Crippen LogP contribution in [0.5, 0.6) is 0 Å². The van der Waals surface area contributed by atoms with Gasteiger partial charge in [0.15, 0.2) is 0 Å². The lowest BCUT2D eigenvalue weighted by Gasteiger charge is -2.36. The van der Waals surface area contributed by atoms with Crippen molar-refractivity contribution in [3.05, 3.63) is 0 Å². The first kappa shape index (κ1) is 26.7. The number of hydrogen-bond donors (Lipinski definition) is 0. The van der Waals surface area contributed by atoms with E-state index in [-0.39, 0.29) is 6.04 Å². The smallest absolute Gasteiger partial charge is 0.389 e. The number of halogens is 3. The van der Waals surface area contributed by atoms with E-state index in [1.807, 2.05) is 26.2 Å². The SMILES string of the molecule is CCCCC.C[SiH]1O[SiH](C)O[SiH](C)O[Si](C)(CCC(F)(F)F)O[SiH](C)O1. The zero-order chi connectivity index (χ0) is 20.4. The molecule has 1 fully saturated rings. The third-order valence-electron chi connectivity index (χ3n) is 3.55. The molecule has 26 heavy (non-hydrogen) atoms. The maximum atomic E-state index is 12.5. The van der Waals surface area contributed by atoms with E-state index < -0.39 is 58.3 Å². The number of alkyl halides is 3. The molecule has 1 aliphatic heterocycles. The van der Waals surface area contributed by atoms with Crippen molar-refractivity contribution in [1.29, 1.82) is 0 Å². The predicted octanol–water partition coefficient (Wildman–Crippen LogP) is 3.71. The summed E-state index contributed by atoms with van der Waals surface area (Å²) in [6, 6.07) is -0.120. The number of hydrogen-bond acceptors (Lipinski definition) is 5. The molecule has 0 radical (unpaired) electrons. The first-order valence-corrected chi connectivity index (χ1v) is 20.2. The van der Waals surface area contributed by atoms with Crippen LogP contribution < -0.4 is 0 Å². The number of unbranched alkanes of at least 4 members (excludes halogenated alkanes) is 2. The molecule has 5 nitrogen and oxygen atoms in total. The van der Waals surface area contributed by atoms with Crippen LogP contribution in [0.3, 0.4) is 0 Å². The quantitative estimate of drug-likeness (QED) is 0.589. The van der Waals surface area contributed by atoms with Crippen molar-refractivity contribution in [2.45, 2.75) is 84.5 Å². The zero-order valence-electron chi connectivity index (χ0n) is 17.0. The summed E-state index contributed by atoms with van der Waals surface area (Å²) < 4.78 is 66.4. The lowest BCUT2D eigenvalue weighted by atomic mass is 10.3. The van der Waals surface area contributed by atoms with Crippen LogP contribution in [0.4, 0.5) is 13.2 Å². The highest BCUT2D eigenvalue weighted by Crippen LogP contribution is 2.28. The fourth-order valence-electron chi connectivity index (χ4n) is 2.50. The molecule has 0 spiro atoms. The van der Waals surface area contributed by atoms with Crippen molar-refractivity contribution < 1.29 is 33.7 Å². The van der Waals surface area contributed by atoms with E-state index in [1.54, 1.807) is 6.55 Å². The predicted molar refractivity (Wildman–Crippen MR) is 110 cm³/mol. The van der Waals surface area contributed by atoms with Crippen LogP contribution in [-0.2, 0) is 20.6 Å². The molecule has 0 aromatic rings. The monoisotopic (exact) mass is 468 g/mol. The summed E-state index contributed by atoms with van der Waals surface area (Å²) in [7, 11) is -10.7. The van der Waals surface area contributed by atoms with Crippen molar-refractivity contribution in [3.63, 3.8) is 0 Å². The van der Waals surface area contributed by atoms with Crippen molar-refractivity contribution in [2.75, 3.05) is 0 Å². The van der Waals surface area contributed by atoms with Gasteiger partial charge < -0.3 is 20.6 Å². The lowest BCUT2D eigenvalue weighted by molar-refractivity contribution is -0.131. The zero-order valence-corrected chi connectivity index (χ0v) is 22.6. The highest BCUT2D eigenvalue weighted by molar-refractivity contribution is 6.80. The maximum absolute atomic E-state index is 12.5. The van der Waals surface area contributed by atoms with E-state index in [0.29, 0.717) is 0 Å². The third kappa shape index (κ3) is 13.8. The van der Waals surface area contributed by atoms with E-state index in [1.165, 1.54) is 19.3 Å². The first-order valence-electron chi connectivity index (χ1n) is 9.29. The van der Waals surface area contributed by atoms with Gasteiger partial charge in [0, 0.05) is 6.42 Å². The Balaban J connectivity index is 0.00000110. The molecular weight excluding hydrogens is 434 g/mol. The minimum atomic E-state index is -4.21. The minimum absolute atomic E-state index is 0.120. The van der Waals surface area contributed by atoms with E-state index in [2.05, 4.69) is 13.8 Å². The Bertz CT molecular complexity index is 361. The molecular formula is C13H35F3O5Si5. The fraction of sp³-hybridized carbons (Fsp3) is 1.00. The van der Waals surface area contributed by atoms with Gasteiger partial charge in [-0.15, -0.1) is 0 Å². The average molecular weight is 469 g/mol. The maximum Gasteiger partial charge on any atom is 0.389 e. The molecule has 0 saturated carbocycles. The summed E-state index contributed by atoms with van der Waals surface area (Å²) in [6.45, 7) is 13.5. The van der Waals surface area contributed by atoms with Crippen LogP contribution in [0, 0.1) is 0 Å². The Morgan fingerprint density at radius 2 is 1.15 bits per heavy atom. The Hall–Kier alpha value is 0.674. The van der Waals surface area contributed by atoms with E-state index in [0.717, 1.165) is 0 Å². The second-order valence-corrected chi connectivity index (χ2v) is 19.0. The van der Waals surface area contributed by atoms with E-state index >= 15 is 0 Å². The average Bonchev–Trinajstić information content (AvgIpc) is 2.44. The van der Waals surface area contributed by atoms with Crippen LogP contribution >= 0.6 is 0 Å². The molecule has 0 aromatic carbocycles. The molecule has 1 heterocycles. The summed E-state index contributed by atoms with van der Waals surface area (Å²) in [5, 5.41) is 0. The van der Waals surface area contributed by atoms with Gasteiger partial charge in [0.2, 0.25) is 0 Å². The van der Waals surface area contributed by atoms with Crippen molar-refractivity contribution >= 4 is 45.7 Å². The van der Waals surface area contributed by atoms with Crippen molar-refractivity contribution in [1.82, 2.24) is 0 Å². The number of rotatable bonds is 4. The normalized spacial score (nSPS) is 33.9. The summed E-state index contributed by atoms with van der Waals surface area (Å²) >= 11 is 0. The molecule has 1 aliphatic rings. The molecule has 4 unspecified atom stereocenters. The Labute approximate surface area is 164 Å². The van der Waals surface area contributed by atoms with Gasteiger partial charge in [-0.05, 0) is 38.8 Å². The van der Waals surface area contributed by atoms with Crippen LogP contribution in [0.15, 0.2) is 0 Å². The van der Waals surface area contributed by atoms with Gasteiger partial charge in [-0.2, -0.15) is 13.2 Å². The second-order valence-electron chi connectivity index (χ2n) is 6.52. The standard InChI is InChI=1S/C8H23F3O5Si5.C5H12/c1-17-12-18(2)14-20(4)16-21(5,15-19(3)13-17)7-6-8(9,10)11;1-3-5-4-2/h17-20H,6-7H2,1-5H3;3-5H2,1-2H3. The Morgan fingerprint density at radius 1 is 0.769 bits per heavy atom. The fourth-order valence-corrected chi connectivity index (χ4v) is 20.1. The van der Waals surface area contributed by atoms with Gasteiger partial charge >= 0.3 is 14.7 Å². The van der Waals surface area contributed by atoms with E-state index in [4.69, 9.17) is 20.6 Å². The molecule has 0 bridgehead atoms. The molecule has 13 heteroatoms. The van der Waals surface area contributed by atoms with Crippen LogP contribution in [-0.4, -0.2) is 51.9 Å². The molecule has 1 rings (SSSR count). The summed E-state index contributed by atoms with van der Waals surface area (Å²) in [5.74, 6) is 0. The van der Waals surface area contributed by atoms with Gasteiger partial charge in [-0.1, -0.05) is 33.1 Å². The highest BCUT2D eigenvalue weighted by atomic mass is 28.5. The van der Waals surface area contributed by atoms with Crippen molar-refractivity contribution in [3.8, 4) is 0 Å². The van der Waals surface area contributed by atoms with Gasteiger partial charge in [0.1, 0.15) is 0 Å². The van der Waals surface area contributed by atoms with Crippen molar-refractivity contribution in [2.24, 2.45) is 0 Å². The molecule has 0 amide bonds. The van der Waals surface area contributed by atoms with E-state index in [9.17, 15) is 13.2 Å². The molecule has 0 aromatic heterocycles. The minimum Gasteiger partial charge on any atom is -0.420 e. The summed E-state index contributed by atoms with van der Waals surface area (Å²) in [5.41, 5.74) is 0. The van der Waals surface area contributed by atoms with Gasteiger partial charge in [-0.3, -0.25) is 0 Å². The van der Waals surface area contributed by atoms with Gasteiger partial charge in [0.05, 0.1) is 0 Å². The van der Waals surface area contributed by atoms with Gasteiger partial charge in [0.25, 0.3) is 37.1 Å². The first-order chi connectivity index (χ1) is 11.9. The van der Waals surface area contributed by atoms with Crippen LogP contribution in [0.25, 0.3) is 0 Å². The molecule has 0 N–H and O–H groups in total. The van der Waals surface area contributed by atoms with Crippen LogP contribution in [0.1, 0.15) is 39.5 Å². The molecule has 158 valence electrons. The largest absolute Gasteiger partial charge is 0.420 e. The highest BCUT2D eigenvalue weighted by Gasteiger charge is 2.42. The summed E-state index contributed by atoms with van der Waals surface area (Å²) in [6.07, 6.45) is -1.02. The molecule has 0 aliphatic carbocycles. The third-order valence-corrected chi connectivity index (χ3v) is 20.6. The Kier molecular flexibility index (Phi) is 13.3. The Morgan fingerprint density at radius 3 is 1.46 bits per heavy atom. The molecule has 1 saturated heterocycles. The second kappa shape index (κ2) is 13.0. The topological polar surface area (TPSA) is 46.2 Å². The van der Waals surface area contributed by atoms with Crippen LogP contribution in [0.2, 0.25) is 38.8 Å². The lowest BCUT2D eigenvalue weighted by Crippen LogP contribution is -2.52.